The third-order valence-electron chi connectivity index (χ3n) is 4.58. The number of quaternary nitrogens is 2. The predicted octanol–water partition coefficient (Wildman–Crippen LogP) is -0.113. The summed E-state index contributed by atoms with van der Waals surface area (Å²) in [6, 6.07) is 13.8. The molecule has 1 aliphatic heterocycles. The maximum absolute atomic E-state index is 13.2. The first-order valence-electron chi connectivity index (χ1n) is 8.56. The van der Waals surface area contributed by atoms with Gasteiger partial charge in [0.05, 0.1) is 0 Å². The summed E-state index contributed by atoms with van der Waals surface area (Å²) < 4.78 is 26.1. The number of hydrogen-bond donors (Lipinski definition) is 3. The molecule has 0 bridgehead atoms. The third kappa shape index (κ3) is 5.08. The molecule has 1 fully saturated rings. The van der Waals surface area contributed by atoms with Crippen molar-refractivity contribution >= 4 is 11.6 Å². The van der Waals surface area contributed by atoms with Crippen molar-refractivity contribution in [2.24, 2.45) is 0 Å². The van der Waals surface area contributed by atoms with Gasteiger partial charge in [0.25, 0.3) is 5.91 Å². The highest BCUT2D eigenvalue weighted by Gasteiger charge is 2.24. The molecule has 0 atom stereocenters. The topological polar surface area (TPSA) is 38.0 Å². The zero-order valence-corrected chi connectivity index (χ0v) is 14.0. The van der Waals surface area contributed by atoms with Crippen LogP contribution in [-0.4, -0.2) is 38.6 Å². The summed E-state index contributed by atoms with van der Waals surface area (Å²) in [4.78, 5) is 14.8. The zero-order chi connectivity index (χ0) is 17.6. The SMILES string of the molecule is O=C(C[NH+]1CC[NH+](Cc2ccccc2)CC1)Nc1ccc(F)c(F)c1. The van der Waals surface area contributed by atoms with Gasteiger partial charge in [0, 0.05) is 17.3 Å². The van der Waals surface area contributed by atoms with Crippen LogP contribution in [-0.2, 0) is 11.3 Å². The molecule has 0 unspecified atom stereocenters. The van der Waals surface area contributed by atoms with Gasteiger partial charge in [-0.2, -0.15) is 0 Å². The molecule has 4 nitrogen and oxygen atoms in total. The minimum atomic E-state index is -0.955. The Balaban J connectivity index is 1.43. The van der Waals surface area contributed by atoms with Gasteiger partial charge in [-0.3, -0.25) is 4.79 Å². The maximum Gasteiger partial charge on any atom is 0.279 e. The Morgan fingerprint density at radius 3 is 2.28 bits per heavy atom. The Morgan fingerprint density at radius 1 is 0.920 bits per heavy atom. The molecule has 3 N–H and O–H groups in total. The van der Waals surface area contributed by atoms with Gasteiger partial charge in [0.1, 0.15) is 32.7 Å². The Labute approximate surface area is 146 Å². The zero-order valence-electron chi connectivity index (χ0n) is 14.0. The molecule has 1 heterocycles. The fourth-order valence-electron chi connectivity index (χ4n) is 3.20. The molecule has 0 aliphatic carbocycles. The number of carbonyl (C=O) groups excluding carboxylic acids is 1. The van der Waals surface area contributed by atoms with E-state index in [9.17, 15) is 13.6 Å². The standard InChI is InChI=1S/C19H21F2N3O/c20-17-7-6-16(12-18(17)21)22-19(25)14-24-10-8-23(9-11-24)13-15-4-2-1-3-5-15/h1-7,12H,8-11,13-14H2,(H,22,25)/p+2. The van der Waals surface area contributed by atoms with E-state index in [-0.39, 0.29) is 11.6 Å². The average Bonchev–Trinajstić information content (AvgIpc) is 2.61. The number of piperazine rings is 1. The summed E-state index contributed by atoms with van der Waals surface area (Å²) in [7, 11) is 0. The van der Waals surface area contributed by atoms with Gasteiger partial charge >= 0.3 is 0 Å². The van der Waals surface area contributed by atoms with Crippen molar-refractivity contribution in [2.45, 2.75) is 6.54 Å². The summed E-state index contributed by atoms with van der Waals surface area (Å²) in [6.07, 6.45) is 0. The van der Waals surface area contributed by atoms with E-state index in [4.69, 9.17) is 0 Å². The summed E-state index contributed by atoms with van der Waals surface area (Å²) in [5.41, 5.74) is 1.62. The van der Waals surface area contributed by atoms with Crippen LogP contribution in [0.15, 0.2) is 48.5 Å². The largest absolute Gasteiger partial charge is 0.322 e. The van der Waals surface area contributed by atoms with Gasteiger partial charge < -0.3 is 15.1 Å². The molecule has 132 valence electrons. The average molecular weight is 347 g/mol. The summed E-state index contributed by atoms with van der Waals surface area (Å²) in [6.45, 7) is 5.24. The lowest BCUT2D eigenvalue weighted by Crippen LogP contribution is -3.28. The summed E-state index contributed by atoms with van der Waals surface area (Å²) >= 11 is 0. The number of carbonyl (C=O) groups is 1. The number of halogens is 2. The monoisotopic (exact) mass is 347 g/mol. The molecule has 25 heavy (non-hydrogen) atoms. The molecule has 2 aromatic carbocycles. The number of amides is 1. The van der Waals surface area contributed by atoms with Crippen molar-refractivity contribution in [3.63, 3.8) is 0 Å². The first-order valence-corrected chi connectivity index (χ1v) is 8.56. The fourth-order valence-corrected chi connectivity index (χ4v) is 3.20. The minimum absolute atomic E-state index is 0.174. The van der Waals surface area contributed by atoms with Crippen molar-refractivity contribution in [3.8, 4) is 0 Å². The first kappa shape index (κ1) is 17.5. The van der Waals surface area contributed by atoms with Crippen LogP contribution in [0.1, 0.15) is 5.56 Å². The predicted molar refractivity (Wildman–Crippen MR) is 91.4 cm³/mol. The van der Waals surface area contributed by atoms with E-state index in [2.05, 4.69) is 29.6 Å². The second-order valence-electron chi connectivity index (χ2n) is 6.52. The van der Waals surface area contributed by atoms with Crippen molar-refractivity contribution in [1.29, 1.82) is 0 Å². The van der Waals surface area contributed by atoms with Crippen LogP contribution >= 0.6 is 0 Å². The van der Waals surface area contributed by atoms with E-state index < -0.39 is 11.6 Å². The molecule has 1 saturated heterocycles. The first-order chi connectivity index (χ1) is 12.1. The number of benzene rings is 2. The smallest absolute Gasteiger partial charge is 0.279 e. The third-order valence-corrected chi connectivity index (χ3v) is 4.58. The van der Waals surface area contributed by atoms with Crippen molar-refractivity contribution in [3.05, 3.63) is 65.7 Å². The quantitative estimate of drug-likeness (QED) is 0.694. The van der Waals surface area contributed by atoms with E-state index in [1.54, 1.807) is 0 Å². The molecule has 1 aliphatic rings. The van der Waals surface area contributed by atoms with Crippen LogP contribution in [0.5, 0.6) is 0 Å². The van der Waals surface area contributed by atoms with Crippen molar-refractivity contribution < 1.29 is 23.4 Å². The van der Waals surface area contributed by atoms with Gasteiger partial charge in [-0.05, 0) is 12.1 Å². The van der Waals surface area contributed by atoms with Gasteiger partial charge in [0.2, 0.25) is 0 Å². The highest BCUT2D eigenvalue weighted by molar-refractivity contribution is 5.91. The van der Waals surface area contributed by atoms with Crippen LogP contribution in [0, 0.1) is 11.6 Å². The van der Waals surface area contributed by atoms with Crippen LogP contribution in [0.3, 0.4) is 0 Å². The molecule has 3 rings (SSSR count). The molecule has 2 aromatic rings. The lowest BCUT2D eigenvalue weighted by Gasteiger charge is -2.29. The van der Waals surface area contributed by atoms with Gasteiger partial charge in [-0.15, -0.1) is 0 Å². The molecular formula is C19H23F2N3O+2. The lowest BCUT2D eigenvalue weighted by atomic mass is 10.2. The second-order valence-corrected chi connectivity index (χ2v) is 6.52. The molecule has 0 radical (unpaired) electrons. The fraction of sp³-hybridized carbons (Fsp3) is 0.316. The summed E-state index contributed by atoms with van der Waals surface area (Å²) in [5, 5.41) is 2.64. The Hall–Kier alpha value is -2.31. The maximum atomic E-state index is 13.2. The van der Waals surface area contributed by atoms with Crippen LogP contribution in [0.2, 0.25) is 0 Å². The molecule has 1 amide bonds. The minimum Gasteiger partial charge on any atom is -0.322 e. The van der Waals surface area contributed by atoms with Gasteiger partial charge in [-0.25, -0.2) is 8.78 Å². The van der Waals surface area contributed by atoms with E-state index in [0.29, 0.717) is 6.54 Å². The van der Waals surface area contributed by atoms with Crippen LogP contribution in [0.4, 0.5) is 14.5 Å². The molecule has 0 aromatic heterocycles. The Kier molecular flexibility index (Phi) is 5.73. The Morgan fingerprint density at radius 2 is 1.60 bits per heavy atom. The highest BCUT2D eigenvalue weighted by atomic mass is 19.2. The second kappa shape index (κ2) is 8.18. The molecular weight excluding hydrogens is 324 g/mol. The van der Waals surface area contributed by atoms with E-state index in [0.717, 1.165) is 44.9 Å². The Bertz CT molecular complexity index is 716. The molecule has 0 saturated carbocycles. The van der Waals surface area contributed by atoms with E-state index >= 15 is 0 Å². The van der Waals surface area contributed by atoms with E-state index in [1.807, 2.05) is 6.07 Å². The number of nitrogens with one attached hydrogen (secondary N) is 3. The van der Waals surface area contributed by atoms with E-state index in [1.165, 1.54) is 21.4 Å². The van der Waals surface area contributed by atoms with Crippen LogP contribution < -0.4 is 15.1 Å². The normalized spacial score (nSPS) is 20.2. The highest BCUT2D eigenvalue weighted by Crippen LogP contribution is 2.12. The molecule has 0 spiro atoms. The van der Waals surface area contributed by atoms with Crippen LogP contribution in [0.25, 0.3) is 0 Å². The molecule has 6 heteroatoms. The number of hydrogen-bond acceptors (Lipinski definition) is 1. The number of rotatable bonds is 5. The van der Waals surface area contributed by atoms with Crippen molar-refractivity contribution in [1.82, 2.24) is 0 Å². The number of anilines is 1. The van der Waals surface area contributed by atoms with Gasteiger partial charge in [-0.1, -0.05) is 30.3 Å². The van der Waals surface area contributed by atoms with Crippen molar-refractivity contribution in [2.75, 3.05) is 38.0 Å². The summed E-state index contributed by atoms with van der Waals surface area (Å²) in [5.74, 6) is -2.04. The lowest BCUT2D eigenvalue weighted by molar-refractivity contribution is -1.02. The van der Waals surface area contributed by atoms with Gasteiger partial charge in [0.15, 0.2) is 18.2 Å².